The first-order chi connectivity index (χ1) is 9.61. The van der Waals surface area contributed by atoms with Gasteiger partial charge in [-0.05, 0) is 29.8 Å². The minimum Gasteiger partial charge on any atom is -0.378 e. The third-order valence-corrected chi connectivity index (χ3v) is 3.25. The molecule has 1 unspecified atom stereocenters. The lowest BCUT2D eigenvalue weighted by atomic mass is 10.1. The molecule has 0 saturated heterocycles. The lowest BCUT2D eigenvalue weighted by molar-refractivity contribution is 0.626. The summed E-state index contributed by atoms with van der Waals surface area (Å²) in [6.07, 6.45) is 0. The van der Waals surface area contributed by atoms with Crippen LogP contribution in [0.15, 0.2) is 48.5 Å². The van der Waals surface area contributed by atoms with Crippen LogP contribution in [-0.2, 0) is 0 Å². The number of hydrogen-bond acceptors (Lipinski definition) is 3. The summed E-state index contributed by atoms with van der Waals surface area (Å²) >= 11 is 0. The van der Waals surface area contributed by atoms with E-state index in [-0.39, 0.29) is 11.9 Å². The number of hydrogen-bond donors (Lipinski definition) is 2. The highest BCUT2D eigenvalue weighted by Gasteiger charge is 2.11. The maximum Gasteiger partial charge on any atom is 0.146 e. The van der Waals surface area contributed by atoms with Gasteiger partial charge in [-0.3, -0.25) is 0 Å². The van der Waals surface area contributed by atoms with Gasteiger partial charge in [-0.25, -0.2) is 4.39 Å². The first kappa shape index (κ1) is 14.3. The summed E-state index contributed by atoms with van der Waals surface area (Å²) in [5.74, 6) is -0.268. The van der Waals surface area contributed by atoms with Crippen LogP contribution in [0.3, 0.4) is 0 Å². The van der Waals surface area contributed by atoms with Crippen molar-refractivity contribution in [3.63, 3.8) is 0 Å². The molecule has 2 aromatic carbocycles. The fourth-order valence-corrected chi connectivity index (χ4v) is 2.05. The molecular formula is C16H20FN3. The van der Waals surface area contributed by atoms with Gasteiger partial charge in [0.05, 0.1) is 11.7 Å². The molecule has 0 aliphatic heterocycles. The van der Waals surface area contributed by atoms with Crippen LogP contribution in [0.1, 0.15) is 11.6 Å². The minimum atomic E-state index is -0.268. The van der Waals surface area contributed by atoms with Crippen molar-refractivity contribution >= 4 is 11.4 Å². The van der Waals surface area contributed by atoms with E-state index < -0.39 is 0 Å². The van der Waals surface area contributed by atoms with Gasteiger partial charge in [-0.15, -0.1) is 0 Å². The maximum absolute atomic E-state index is 13.7. The highest BCUT2D eigenvalue weighted by atomic mass is 19.1. The third-order valence-electron chi connectivity index (χ3n) is 3.25. The summed E-state index contributed by atoms with van der Waals surface area (Å²) in [5, 5.41) is 3.15. The van der Waals surface area contributed by atoms with Gasteiger partial charge in [0, 0.05) is 26.3 Å². The average molecular weight is 273 g/mol. The van der Waals surface area contributed by atoms with E-state index in [4.69, 9.17) is 5.73 Å². The van der Waals surface area contributed by atoms with Crippen molar-refractivity contribution in [2.24, 2.45) is 5.73 Å². The molecule has 0 spiro atoms. The molecule has 3 nitrogen and oxygen atoms in total. The van der Waals surface area contributed by atoms with Crippen LogP contribution in [-0.4, -0.2) is 20.6 Å². The number of rotatable bonds is 5. The number of benzene rings is 2. The zero-order valence-electron chi connectivity index (χ0n) is 11.8. The van der Waals surface area contributed by atoms with Crippen molar-refractivity contribution in [1.82, 2.24) is 0 Å². The Labute approximate surface area is 119 Å². The van der Waals surface area contributed by atoms with Gasteiger partial charge in [0.2, 0.25) is 0 Å². The number of nitrogens with zero attached hydrogens (tertiary/aromatic N) is 1. The van der Waals surface area contributed by atoms with E-state index in [0.29, 0.717) is 12.2 Å². The normalized spacial score (nSPS) is 12.0. The summed E-state index contributed by atoms with van der Waals surface area (Å²) in [6.45, 7) is 0.398. The van der Waals surface area contributed by atoms with Crippen LogP contribution < -0.4 is 16.0 Å². The highest BCUT2D eigenvalue weighted by molar-refractivity contribution is 5.50. The monoisotopic (exact) mass is 273 g/mol. The van der Waals surface area contributed by atoms with Crippen molar-refractivity contribution in [3.05, 3.63) is 59.9 Å². The lowest BCUT2D eigenvalue weighted by Crippen LogP contribution is -2.21. The Morgan fingerprint density at radius 1 is 1.10 bits per heavy atom. The Balaban J connectivity index is 2.18. The number of nitrogens with two attached hydrogens (primary N) is 1. The molecule has 0 aliphatic carbocycles. The SMILES string of the molecule is CN(C)c1ccc(C(CN)Nc2ccccc2F)cc1. The van der Waals surface area contributed by atoms with E-state index in [1.54, 1.807) is 18.2 Å². The van der Waals surface area contributed by atoms with Crippen molar-refractivity contribution in [2.45, 2.75) is 6.04 Å². The maximum atomic E-state index is 13.7. The smallest absolute Gasteiger partial charge is 0.146 e. The van der Waals surface area contributed by atoms with Crippen LogP contribution in [0.25, 0.3) is 0 Å². The summed E-state index contributed by atoms with van der Waals surface area (Å²) in [6, 6.07) is 14.6. The number of anilines is 2. The van der Waals surface area contributed by atoms with Crippen molar-refractivity contribution in [3.8, 4) is 0 Å². The number of para-hydroxylation sites is 1. The van der Waals surface area contributed by atoms with Gasteiger partial charge in [0.25, 0.3) is 0 Å². The molecule has 0 heterocycles. The second kappa shape index (κ2) is 6.39. The molecule has 0 fully saturated rings. The van der Waals surface area contributed by atoms with Crippen molar-refractivity contribution in [2.75, 3.05) is 30.9 Å². The molecule has 1 atom stereocenters. The summed E-state index contributed by atoms with van der Waals surface area (Å²) in [5.41, 5.74) is 8.44. The zero-order valence-corrected chi connectivity index (χ0v) is 11.8. The Morgan fingerprint density at radius 2 is 1.75 bits per heavy atom. The molecule has 0 amide bonds. The quantitative estimate of drug-likeness (QED) is 0.880. The molecule has 4 heteroatoms. The van der Waals surface area contributed by atoms with Crippen LogP contribution in [0.5, 0.6) is 0 Å². The van der Waals surface area contributed by atoms with Gasteiger partial charge in [-0.1, -0.05) is 24.3 Å². The second-order valence-corrected chi connectivity index (χ2v) is 4.90. The van der Waals surface area contributed by atoms with Crippen LogP contribution >= 0.6 is 0 Å². The van der Waals surface area contributed by atoms with Gasteiger partial charge in [0.1, 0.15) is 5.82 Å². The predicted molar refractivity (Wildman–Crippen MR) is 82.6 cm³/mol. The van der Waals surface area contributed by atoms with E-state index in [2.05, 4.69) is 5.32 Å². The molecule has 0 bridgehead atoms. The van der Waals surface area contributed by atoms with Gasteiger partial charge >= 0.3 is 0 Å². The largest absolute Gasteiger partial charge is 0.378 e. The minimum absolute atomic E-state index is 0.108. The van der Waals surface area contributed by atoms with E-state index in [1.165, 1.54) is 6.07 Å². The fraction of sp³-hybridized carbons (Fsp3) is 0.250. The summed E-state index contributed by atoms with van der Waals surface area (Å²) < 4.78 is 13.7. The molecule has 20 heavy (non-hydrogen) atoms. The average Bonchev–Trinajstić information content (AvgIpc) is 2.46. The Hall–Kier alpha value is -2.07. The van der Waals surface area contributed by atoms with Gasteiger partial charge < -0.3 is 16.0 Å². The van der Waals surface area contributed by atoms with Crippen LogP contribution in [0.2, 0.25) is 0 Å². The lowest BCUT2D eigenvalue weighted by Gasteiger charge is -2.20. The van der Waals surface area contributed by atoms with E-state index in [9.17, 15) is 4.39 Å². The van der Waals surface area contributed by atoms with Crippen molar-refractivity contribution in [1.29, 1.82) is 0 Å². The van der Waals surface area contributed by atoms with E-state index in [0.717, 1.165) is 11.3 Å². The Morgan fingerprint density at radius 3 is 2.30 bits per heavy atom. The molecule has 2 rings (SSSR count). The molecule has 2 aromatic rings. The molecule has 0 aromatic heterocycles. The standard InChI is InChI=1S/C16H20FN3/c1-20(2)13-9-7-12(8-10-13)16(11-18)19-15-6-4-3-5-14(15)17/h3-10,16,19H,11,18H2,1-2H3. The first-order valence-corrected chi connectivity index (χ1v) is 6.60. The molecule has 0 aliphatic rings. The zero-order chi connectivity index (χ0) is 14.5. The Bertz CT molecular complexity index is 552. The highest BCUT2D eigenvalue weighted by Crippen LogP contribution is 2.23. The van der Waals surface area contributed by atoms with E-state index >= 15 is 0 Å². The molecule has 0 radical (unpaired) electrons. The second-order valence-electron chi connectivity index (χ2n) is 4.90. The molecular weight excluding hydrogens is 253 g/mol. The summed E-state index contributed by atoms with van der Waals surface area (Å²) in [7, 11) is 3.99. The van der Waals surface area contributed by atoms with Crippen LogP contribution in [0.4, 0.5) is 15.8 Å². The topological polar surface area (TPSA) is 41.3 Å². The summed E-state index contributed by atoms with van der Waals surface area (Å²) in [4.78, 5) is 2.03. The van der Waals surface area contributed by atoms with E-state index in [1.807, 2.05) is 43.3 Å². The molecule has 3 N–H and O–H groups in total. The Kier molecular flexibility index (Phi) is 4.58. The number of halogens is 1. The van der Waals surface area contributed by atoms with Crippen molar-refractivity contribution < 1.29 is 4.39 Å². The molecule has 106 valence electrons. The first-order valence-electron chi connectivity index (χ1n) is 6.60. The van der Waals surface area contributed by atoms with Crippen LogP contribution in [0, 0.1) is 5.82 Å². The fourth-order valence-electron chi connectivity index (χ4n) is 2.05. The number of nitrogens with one attached hydrogen (secondary N) is 1. The third kappa shape index (κ3) is 3.27. The predicted octanol–water partition coefficient (Wildman–Crippen LogP) is 3.00. The molecule has 0 saturated carbocycles. The van der Waals surface area contributed by atoms with Gasteiger partial charge in [-0.2, -0.15) is 0 Å². The van der Waals surface area contributed by atoms with Gasteiger partial charge in [0.15, 0.2) is 0 Å².